The molecule has 1 aromatic carbocycles. The zero-order chi connectivity index (χ0) is 19.2. The van der Waals surface area contributed by atoms with Gasteiger partial charge in [0.1, 0.15) is 0 Å². The Hall–Kier alpha value is -1.88. The van der Waals surface area contributed by atoms with E-state index in [0.29, 0.717) is 26.1 Å². The van der Waals surface area contributed by atoms with Crippen LogP contribution in [-0.4, -0.2) is 54.3 Å². The van der Waals surface area contributed by atoms with Crippen LogP contribution in [0.15, 0.2) is 24.3 Å². The number of likely N-dealkylation sites (tertiary alicyclic amines) is 2. The highest BCUT2D eigenvalue weighted by atomic mass is 16.2. The second kappa shape index (κ2) is 9.36. The molecule has 1 aromatic rings. The van der Waals surface area contributed by atoms with Crippen LogP contribution in [0.4, 0.5) is 0 Å². The molecule has 1 N–H and O–H groups in total. The van der Waals surface area contributed by atoms with Crippen LogP contribution in [0, 0.1) is 18.8 Å². The topological polar surface area (TPSA) is 52.7 Å². The normalized spacial score (nSPS) is 21.6. The van der Waals surface area contributed by atoms with E-state index in [1.54, 1.807) is 0 Å². The van der Waals surface area contributed by atoms with E-state index >= 15 is 0 Å². The summed E-state index contributed by atoms with van der Waals surface area (Å²) in [6.45, 7) is 9.61. The lowest BCUT2D eigenvalue weighted by atomic mass is 9.99. The summed E-state index contributed by atoms with van der Waals surface area (Å²) in [6.07, 6.45) is 3.89. The number of aryl methyl sites for hydroxylation is 1. The van der Waals surface area contributed by atoms with Crippen molar-refractivity contribution in [1.29, 1.82) is 0 Å². The fourth-order valence-corrected chi connectivity index (χ4v) is 3.96. The number of carbonyl (C=O) groups excluding carboxylic acids is 2. The van der Waals surface area contributed by atoms with Crippen molar-refractivity contribution < 1.29 is 9.59 Å². The van der Waals surface area contributed by atoms with Crippen molar-refractivity contribution in [2.24, 2.45) is 11.8 Å². The Bertz CT molecular complexity index is 635. The highest BCUT2D eigenvalue weighted by molar-refractivity contribution is 5.89. The van der Waals surface area contributed by atoms with Gasteiger partial charge in [-0.1, -0.05) is 36.8 Å². The van der Waals surface area contributed by atoms with Gasteiger partial charge in [-0.05, 0) is 57.3 Å². The van der Waals surface area contributed by atoms with Crippen LogP contribution >= 0.6 is 0 Å². The molecule has 2 saturated heterocycles. The second-order valence-corrected chi connectivity index (χ2v) is 8.33. The summed E-state index contributed by atoms with van der Waals surface area (Å²) < 4.78 is 0. The van der Waals surface area contributed by atoms with E-state index in [9.17, 15) is 9.59 Å². The van der Waals surface area contributed by atoms with E-state index in [1.165, 1.54) is 31.5 Å². The third-order valence-electron chi connectivity index (χ3n) is 5.91. The average Bonchev–Trinajstić information content (AvgIpc) is 3.02. The molecule has 27 heavy (non-hydrogen) atoms. The molecule has 1 atom stereocenters. The van der Waals surface area contributed by atoms with Crippen LogP contribution in [0.5, 0.6) is 0 Å². The van der Waals surface area contributed by atoms with E-state index in [0.717, 1.165) is 24.4 Å². The second-order valence-electron chi connectivity index (χ2n) is 8.33. The molecule has 2 aliphatic heterocycles. The third kappa shape index (κ3) is 5.80. The molecule has 148 valence electrons. The quantitative estimate of drug-likeness (QED) is 0.750. The largest absolute Gasteiger partial charge is 0.356 e. The predicted octanol–water partition coefficient (Wildman–Crippen LogP) is 2.58. The Morgan fingerprint density at radius 3 is 2.59 bits per heavy atom. The summed E-state index contributed by atoms with van der Waals surface area (Å²) in [5.74, 6) is 0.752. The van der Waals surface area contributed by atoms with E-state index < -0.39 is 0 Å². The van der Waals surface area contributed by atoms with Crippen molar-refractivity contribution in [3.8, 4) is 0 Å². The van der Waals surface area contributed by atoms with Gasteiger partial charge in [-0.3, -0.25) is 9.59 Å². The number of piperidine rings is 1. The van der Waals surface area contributed by atoms with Crippen molar-refractivity contribution in [3.63, 3.8) is 0 Å². The maximum atomic E-state index is 12.4. The van der Waals surface area contributed by atoms with Gasteiger partial charge in [-0.25, -0.2) is 0 Å². The summed E-state index contributed by atoms with van der Waals surface area (Å²) in [4.78, 5) is 29.0. The smallest absolute Gasteiger partial charge is 0.225 e. The van der Waals surface area contributed by atoms with E-state index in [4.69, 9.17) is 0 Å². The fraction of sp³-hybridized carbons (Fsp3) is 0.636. The molecule has 0 radical (unpaired) electrons. The summed E-state index contributed by atoms with van der Waals surface area (Å²) in [7, 11) is 0. The zero-order valence-electron chi connectivity index (χ0n) is 16.7. The van der Waals surface area contributed by atoms with Crippen LogP contribution in [-0.2, 0) is 16.1 Å². The number of carbonyl (C=O) groups is 2. The minimum Gasteiger partial charge on any atom is -0.356 e. The molecule has 0 spiro atoms. The average molecular weight is 372 g/mol. The first-order chi connectivity index (χ1) is 13.0. The molecule has 0 aromatic heterocycles. The van der Waals surface area contributed by atoms with Crippen molar-refractivity contribution >= 4 is 11.8 Å². The fourth-order valence-electron chi connectivity index (χ4n) is 3.96. The molecule has 5 heteroatoms. The highest BCUT2D eigenvalue weighted by Crippen LogP contribution is 2.21. The summed E-state index contributed by atoms with van der Waals surface area (Å²) in [5.41, 5.74) is 2.33. The Balaban J connectivity index is 1.36. The Labute approximate surface area is 163 Å². The van der Waals surface area contributed by atoms with Gasteiger partial charge >= 0.3 is 0 Å². The van der Waals surface area contributed by atoms with Gasteiger partial charge in [0.25, 0.3) is 0 Å². The molecule has 5 nitrogen and oxygen atoms in total. The summed E-state index contributed by atoms with van der Waals surface area (Å²) in [6, 6.07) is 8.22. The maximum absolute atomic E-state index is 12.4. The number of hydrogen-bond donors (Lipinski definition) is 1. The van der Waals surface area contributed by atoms with E-state index in [2.05, 4.69) is 48.3 Å². The molecule has 1 unspecified atom stereocenters. The first kappa shape index (κ1) is 19.9. The standard InChI is InChI=1S/C22H33N3O2/c1-17-4-6-19(7-5-17)15-25-16-20(14-21(25)26)22(27)23-10-3-11-24-12-8-18(2)9-13-24/h4-7,18,20H,3,8-16H2,1-2H3,(H,23,27). The van der Waals surface area contributed by atoms with Gasteiger partial charge in [0.15, 0.2) is 0 Å². The minimum absolute atomic E-state index is 0.0297. The lowest BCUT2D eigenvalue weighted by molar-refractivity contribution is -0.129. The van der Waals surface area contributed by atoms with Gasteiger partial charge in [0.2, 0.25) is 11.8 Å². The maximum Gasteiger partial charge on any atom is 0.225 e. The van der Waals surface area contributed by atoms with Gasteiger partial charge in [-0.15, -0.1) is 0 Å². The van der Waals surface area contributed by atoms with Crippen molar-refractivity contribution in [2.75, 3.05) is 32.7 Å². The first-order valence-electron chi connectivity index (χ1n) is 10.3. The Morgan fingerprint density at radius 2 is 1.89 bits per heavy atom. The monoisotopic (exact) mass is 371 g/mol. The van der Waals surface area contributed by atoms with Crippen LogP contribution in [0.2, 0.25) is 0 Å². The summed E-state index contributed by atoms with van der Waals surface area (Å²) >= 11 is 0. The molecule has 2 heterocycles. The third-order valence-corrected chi connectivity index (χ3v) is 5.91. The van der Waals surface area contributed by atoms with Gasteiger partial charge in [0, 0.05) is 26.1 Å². The minimum atomic E-state index is -0.209. The van der Waals surface area contributed by atoms with Gasteiger partial charge in [0.05, 0.1) is 5.92 Å². The molecule has 2 fully saturated rings. The molecular formula is C22H33N3O2. The number of benzene rings is 1. The van der Waals surface area contributed by atoms with Crippen molar-refractivity contribution in [1.82, 2.24) is 15.1 Å². The Morgan fingerprint density at radius 1 is 1.19 bits per heavy atom. The molecule has 0 aliphatic carbocycles. The first-order valence-corrected chi connectivity index (χ1v) is 10.3. The molecule has 0 saturated carbocycles. The SMILES string of the molecule is Cc1ccc(CN2CC(C(=O)NCCCN3CCC(C)CC3)CC2=O)cc1. The molecule has 2 amide bonds. The van der Waals surface area contributed by atoms with Gasteiger partial charge in [-0.2, -0.15) is 0 Å². The highest BCUT2D eigenvalue weighted by Gasteiger charge is 2.34. The molecule has 3 rings (SSSR count). The van der Waals surface area contributed by atoms with Crippen LogP contribution in [0.25, 0.3) is 0 Å². The zero-order valence-corrected chi connectivity index (χ0v) is 16.7. The molecule has 2 aliphatic rings. The van der Waals surface area contributed by atoms with Crippen LogP contribution in [0.1, 0.15) is 43.7 Å². The van der Waals surface area contributed by atoms with Crippen molar-refractivity contribution in [3.05, 3.63) is 35.4 Å². The lowest BCUT2D eigenvalue weighted by Gasteiger charge is -2.30. The number of amides is 2. The number of nitrogens with one attached hydrogen (secondary N) is 1. The Kier molecular flexibility index (Phi) is 6.89. The predicted molar refractivity (Wildman–Crippen MR) is 107 cm³/mol. The van der Waals surface area contributed by atoms with Crippen LogP contribution < -0.4 is 5.32 Å². The van der Waals surface area contributed by atoms with Gasteiger partial charge < -0.3 is 15.1 Å². The van der Waals surface area contributed by atoms with E-state index in [1.807, 2.05) is 4.90 Å². The molecular weight excluding hydrogens is 338 g/mol. The van der Waals surface area contributed by atoms with Crippen LogP contribution in [0.3, 0.4) is 0 Å². The number of nitrogens with zero attached hydrogens (tertiary/aromatic N) is 2. The summed E-state index contributed by atoms with van der Waals surface area (Å²) in [5, 5.41) is 3.04. The van der Waals surface area contributed by atoms with Crippen molar-refractivity contribution in [2.45, 2.75) is 46.1 Å². The number of rotatable bonds is 7. The number of hydrogen-bond acceptors (Lipinski definition) is 3. The lowest BCUT2D eigenvalue weighted by Crippen LogP contribution is -2.37. The molecule has 0 bridgehead atoms. The van der Waals surface area contributed by atoms with E-state index in [-0.39, 0.29) is 17.7 Å².